The van der Waals surface area contributed by atoms with Gasteiger partial charge in [-0.1, -0.05) is 6.92 Å². The van der Waals surface area contributed by atoms with Crippen LogP contribution in [-0.4, -0.2) is 34.5 Å². The van der Waals surface area contributed by atoms with Gasteiger partial charge in [-0.25, -0.2) is 4.79 Å². The minimum absolute atomic E-state index is 0.148. The second kappa shape index (κ2) is 6.69. The molecule has 1 aromatic heterocycles. The Morgan fingerprint density at radius 3 is 2.70 bits per heavy atom. The van der Waals surface area contributed by atoms with E-state index in [-0.39, 0.29) is 11.4 Å². The highest BCUT2D eigenvalue weighted by Crippen LogP contribution is 2.17. The van der Waals surface area contributed by atoms with E-state index in [1.54, 1.807) is 0 Å². The number of aryl methyl sites for hydroxylation is 1. The van der Waals surface area contributed by atoms with Crippen molar-refractivity contribution in [3.8, 4) is 0 Å². The summed E-state index contributed by atoms with van der Waals surface area (Å²) in [6, 6.07) is 0.367. The highest BCUT2D eigenvalue weighted by molar-refractivity contribution is 5.96. The number of methoxy groups -OCH3 is 1. The number of hydrogen-bond donors (Lipinski definition) is 1. The summed E-state index contributed by atoms with van der Waals surface area (Å²) in [5.41, 5.74) is -0.0105. The SMILES string of the molecule is CCCn1cc([N+](=O)[O-])cc1C(=O)NC(C)C(=O)OC. The molecule has 0 aliphatic heterocycles. The van der Waals surface area contributed by atoms with Crippen LogP contribution in [0, 0.1) is 10.1 Å². The van der Waals surface area contributed by atoms with Crippen LogP contribution < -0.4 is 5.32 Å². The predicted molar refractivity (Wildman–Crippen MR) is 70.3 cm³/mol. The zero-order valence-electron chi connectivity index (χ0n) is 11.6. The van der Waals surface area contributed by atoms with Gasteiger partial charge in [0.05, 0.1) is 18.2 Å². The highest BCUT2D eigenvalue weighted by atomic mass is 16.6. The maximum absolute atomic E-state index is 12.0. The average molecular weight is 283 g/mol. The first-order valence-electron chi connectivity index (χ1n) is 6.14. The lowest BCUT2D eigenvalue weighted by Crippen LogP contribution is -2.39. The minimum Gasteiger partial charge on any atom is -0.467 e. The Labute approximate surface area is 115 Å². The number of ether oxygens (including phenoxy) is 1. The summed E-state index contributed by atoms with van der Waals surface area (Å²) in [7, 11) is 1.22. The van der Waals surface area contributed by atoms with E-state index in [2.05, 4.69) is 10.1 Å². The summed E-state index contributed by atoms with van der Waals surface area (Å²) in [6.07, 6.45) is 2.03. The van der Waals surface area contributed by atoms with Crippen molar-refractivity contribution < 1.29 is 19.2 Å². The molecule has 1 atom stereocenters. The molecule has 1 unspecified atom stereocenters. The van der Waals surface area contributed by atoms with E-state index in [0.29, 0.717) is 6.54 Å². The number of rotatable bonds is 6. The van der Waals surface area contributed by atoms with Gasteiger partial charge in [-0.15, -0.1) is 0 Å². The molecule has 110 valence electrons. The van der Waals surface area contributed by atoms with Crippen molar-refractivity contribution in [2.24, 2.45) is 0 Å². The number of nitrogens with zero attached hydrogens (tertiary/aromatic N) is 2. The summed E-state index contributed by atoms with van der Waals surface area (Å²) in [5.74, 6) is -1.13. The van der Waals surface area contributed by atoms with Crippen LogP contribution in [0.15, 0.2) is 12.3 Å². The number of esters is 1. The van der Waals surface area contributed by atoms with Crippen LogP contribution in [-0.2, 0) is 16.1 Å². The monoisotopic (exact) mass is 283 g/mol. The van der Waals surface area contributed by atoms with E-state index < -0.39 is 22.8 Å². The molecule has 8 nitrogen and oxygen atoms in total. The Morgan fingerprint density at radius 1 is 1.55 bits per heavy atom. The second-order valence-corrected chi connectivity index (χ2v) is 4.25. The standard InChI is InChI=1S/C12H17N3O5/c1-4-5-14-7-9(15(18)19)6-10(14)11(16)13-8(2)12(17)20-3/h6-8H,4-5H2,1-3H3,(H,13,16). The number of carbonyl (C=O) groups is 2. The number of nitro groups is 1. The lowest BCUT2D eigenvalue weighted by molar-refractivity contribution is -0.384. The second-order valence-electron chi connectivity index (χ2n) is 4.25. The van der Waals surface area contributed by atoms with E-state index in [0.717, 1.165) is 6.42 Å². The molecule has 1 aromatic rings. The molecule has 0 aromatic carbocycles. The van der Waals surface area contributed by atoms with Gasteiger partial charge in [-0.3, -0.25) is 14.9 Å². The van der Waals surface area contributed by atoms with Crippen molar-refractivity contribution >= 4 is 17.6 Å². The fraction of sp³-hybridized carbons (Fsp3) is 0.500. The van der Waals surface area contributed by atoms with Gasteiger partial charge in [0.1, 0.15) is 11.7 Å². The van der Waals surface area contributed by atoms with Gasteiger partial charge in [0.15, 0.2) is 0 Å². The fourth-order valence-corrected chi connectivity index (χ4v) is 1.72. The summed E-state index contributed by atoms with van der Waals surface area (Å²) in [6.45, 7) is 3.85. The van der Waals surface area contributed by atoms with Crippen molar-refractivity contribution in [3.63, 3.8) is 0 Å². The lowest BCUT2D eigenvalue weighted by Gasteiger charge is -2.12. The minimum atomic E-state index is -0.823. The molecule has 0 spiro atoms. The van der Waals surface area contributed by atoms with E-state index in [4.69, 9.17) is 0 Å². The number of hydrogen-bond acceptors (Lipinski definition) is 5. The van der Waals surface area contributed by atoms with Gasteiger partial charge in [0.25, 0.3) is 11.6 Å². The van der Waals surface area contributed by atoms with E-state index in [9.17, 15) is 19.7 Å². The summed E-state index contributed by atoms with van der Waals surface area (Å²) < 4.78 is 6.00. The van der Waals surface area contributed by atoms with Gasteiger partial charge >= 0.3 is 5.97 Å². The molecule has 0 fully saturated rings. The highest BCUT2D eigenvalue weighted by Gasteiger charge is 2.22. The zero-order chi connectivity index (χ0) is 15.3. The van der Waals surface area contributed by atoms with Crippen molar-refractivity contribution in [2.75, 3.05) is 7.11 Å². The number of amides is 1. The third-order valence-corrected chi connectivity index (χ3v) is 2.69. The van der Waals surface area contributed by atoms with Crippen molar-refractivity contribution in [1.82, 2.24) is 9.88 Å². The van der Waals surface area contributed by atoms with Crippen LogP contribution >= 0.6 is 0 Å². The van der Waals surface area contributed by atoms with Crippen molar-refractivity contribution in [1.29, 1.82) is 0 Å². The predicted octanol–water partition coefficient (Wildman–Crippen LogP) is 1.10. The van der Waals surface area contributed by atoms with Gasteiger partial charge in [-0.2, -0.15) is 0 Å². The lowest BCUT2D eigenvalue weighted by atomic mass is 10.3. The molecule has 0 aliphatic rings. The molecule has 1 heterocycles. The van der Waals surface area contributed by atoms with Crippen molar-refractivity contribution in [2.45, 2.75) is 32.9 Å². The van der Waals surface area contributed by atoms with E-state index in [1.165, 1.54) is 30.9 Å². The normalized spacial score (nSPS) is 11.8. The van der Waals surface area contributed by atoms with Crippen LogP contribution in [0.1, 0.15) is 30.8 Å². The number of carbonyl (C=O) groups excluding carboxylic acids is 2. The topological polar surface area (TPSA) is 103 Å². The molecular formula is C12H17N3O5. The van der Waals surface area contributed by atoms with E-state index in [1.807, 2.05) is 6.92 Å². The third kappa shape index (κ3) is 3.56. The quantitative estimate of drug-likeness (QED) is 0.478. The van der Waals surface area contributed by atoms with Gasteiger partial charge < -0.3 is 14.6 Å². The average Bonchev–Trinajstić information content (AvgIpc) is 2.82. The number of aromatic nitrogens is 1. The Hall–Kier alpha value is -2.38. The molecule has 0 saturated heterocycles. The Bertz CT molecular complexity index is 523. The summed E-state index contributed by atoms with van der Waals surface area (Å²) in [4.78, 5) is 33.5. The first-order chi connectivity index (χ1) is 9.40. The summed E-state index contributed by atoms with van der Waals surface area (Å²) >= 11 is 0. The van der Waals surface area contributed by atoms with Crippen molar-refractivity contribution in [3.05, 3.63) is 28.1 Å². The van der Waals surface area contributed by atoms with E-state index >= 15 is 0 Å². The molecule has 0 bridgehead atoms. The molecule has 8 heteroatoms. The fourth-order valence-electron chi connectivity index (χ4n) is 1.72. The van der Waals surface area contributed by atoms with Crippen LogP contribution in [0.2, 0.25) is 0 Å². The molecule has 1 amide bonds. The third-order valence-electron chi connectivity index (χ3n) is 2.69. The maximum atomic E-state index is 12.0. The maximum Gasteiger partial charge on any atom is 0.328 e. The molecule has 0 radical (unpaired) electrons. The first-order valence-corrected chi connectivity index (χ1v) is 6.14. The van der Waals surface area contributed by atoms with Gasteiger partial charge in [0, 0.05) is 12.6 Å². The van der Waals surface area contributed by atoms with Crippen LogP contribution in [0.3, 0.4) is 0 Å². The molecule has 0 aliphatic carbocycles. The van der Waals surface area contributed by atoms with Gasteiger partial charge in [-0.05, 0) is 13.3 Å². The molecule has 20 heavy (non-hydrogen) atoms. The molecule has 1 N–H and O–H groups in total. The molecule has 0 saturated carbocycles. The Kier molecular flexibility index (Phi) is 5.24. The first kappa shape index (κ1) is 15.7. The smallest absolute Gasteiger partial charge is 0.328 e. The van der Waals surface area contributed by atoms with Gasteiger partial charge in [0.2, 0.25) is 0 Å². The molecular weight excluding hydrogens is 266 g/mol. The summed E-state index contributed by atoms with van der Waals surface area (Å²) in [5, 5.41) is 13.2. The van der Waals surface area contributed by atoms with Crippen LogP contribution in [0.5, 0.6) is 0 Å². The Balaban J connectivity index is 2.96. The van der Waals surface area contributed by atoms with Crippen LogP contribution in [0.25, 0.3) is 0 Å². The van der Waals surface area contributed by atoms with Crippen LogP contribution in [0.4, 0.5) is 5.69 Å². The largest absolute Gasteiger partial charge is 0.467 e. The molecule has 1 rings (SSSR count). The zero-order valence-corrected chi connectivity index (χ0v) is 11.6. The number of nitrogens with one attached hydrogen (secondary N) is 1. The Morgan fingerprint density at radius 2 is 2.20 bits per heavy atom.